The first-order valence-corrected chi connectivity index (χ1v) is 7.57. The van der Waals surface area contributed by atoms with E-state index in [2.05, 4.69) is 19.1 Å². The molecule has 0 bridgehead atoms. The summed E-state index contributed by atoms with van der Waals surface area (Å²) in [6.07, 6.45) is 8.97. The Morgan fingerprint density at radius 1 is 1.05 bits per heavy atom. The zero-order valence-corrected chi connectivity index (χ0v) is 12.1. The maximum absolute atomic E-state index is 11.5. The van der Waals surface area contributed by atoms with Gasteiger partial charge < -0.3 is 5.73 Å². The van der Waals surface area contributed by atoms with Crippen molar-refractivity contribution >= 4 is 5.91 Å². The van der Waals surface area contributed by atoms with E-state index < -0.39 is 0 Å². The highest BCUT2D eigenvalue weighted by atomic mass is 16.1. The van der Waals surface area contributed by atoms with Crippen LogP contribution in [0.25, 0.3) is 0 Å². The van der Waals surface area contributed by atoms with Gasteiger partial charge in [-0.2, -0.15) is 0 Å². The lowest BCUT2D eigenvalue weighted by atomic mass is 9.93. The van der Waals surface area contributed by atoms with Crippen LogP contribution >= 0.6 is 0 Å². The number of nitrogens with two attached hydrogens (primary N) is 1. The zero-order chi connectivity index (χ0) is 13.9. The fourth-order valence-electron chi connectivity index (χ4n) is 2.41. The number of benzene rings is 1. The van der Waals surface area contributed by atoms with Crippen molar-refractivity contribution in [2.75, 3.05) is 0 Å². The van der Waals surface area contributed by atoms with Gasteiger partial charge >= 0.3 is 0 Å². The van der Waals surface area contributed by atoms with Crippen molar-refractivity contribution in [3.05, 3.63) is 35.9 Å². The standard InChI is InChI=1S/C17H27NO/c1-2-3-4-5-9-12-16(17(18)19)14-13-15-10-7-6-8-11-15/h6-8,10-11,16H,2-5,9,12-14H2,1H3,(H2,18,19). The molecule has 1 aromatic carbocycles. The number of carbonyl (C=O) groups is 1. The van der Waals surface area contributed by atoms with E-state index in [1.54, 1.807) is 0 Å². The van der Waals surface area contributed by atoms with Crippen LogP contribution in [-0.4, -0.2) is 5.91 Å². The molecule has 2 heteroatoms. The van der Waals surface area contributed by atoms with Gasteiger partial charge in [0.15, 0.2) is 0 Å². The second-order valence-electron chi connectivity index (χ2n) is 5.33. The molecular formula is C17H27NO. The van der Waals surface area contributed by atoms with Gasteiger partial charge in [0.1, 0.15) is 0 Å². The van der Waals surface area contributed by atoms with E-state index in [1.807, 2.05) is 18.2 Å². The summed E-state index contributed by atoms with van der Waals surface area (Å²) in [6, 6.07) is 10.3. The van der Waals surface area contributed by atoms with Gasteiger partial charge in [-0.1, -0.05) is 69.4 Å². The number of unbranched alkanes of at least 4 members (excludes halogenated alkanes) is 4. The van der Waals surface area contributed by atoms with Crippen LogP contribution in [0.5, 0.6) is 0 Å². The topological polar surface area (TPSA) is 43.1 Å². The highest BCUT2D eigenvalue weighted by Crippen LogP contribution is 2.17. The first-order valence-electron chi connectivity index (χ1n) is 7.57. The minimum absolute atomic E-state index is 0.0434. The number of hydrogen-bond acceptors (Lipinski definition) is 1. The van der Waals surface area contributed by atoms with Gasteiger partial charge in [-0.05, 0) is 24.8 Å². The number of primary amides is 1. The molecule has 0 spiro atoms. The van der Waals surface area contributed by atoms with E-state index >= 15 is 0 Å². The Morgan fingerprint density at radius 3 is 2.37 bits per heavy atom. The summed E-state index contributed by atoms with van der Waals surface area (Å²) in [5.74, 6) is -0.0896. The molecule has 19 heavy (non-hydrogen) atoms. The zero-order valence-electron chi connectivity index (χ0n) is 12.1. The van der Waals surface area contributed by atoms with Crippen LogP contribution in [-0.2, 0) is 11.2 Å². The Morgan fingerprint density at radius 2 is 1.74 bits per heavy atom. The third-order valence-electron chi connectivity index (χ3n) is 3.68. The molecule has 1 amide bonds. The van der Waals surface area contributed by atoms with Gasteiger partial charge in [-0.25, -0.2) is 0 Å². The van der Waals surface area contributed by atoms with E-state index in [1.165, 1.54) is 31.2 Å². The second kappa shape index (κ2) is 9.60. The van der Waals surface area contributed by atoms with Crippen molar-refractivity contribution in [3.8, 4) is 0 Å². The molecule has 2 nitrogen and oxygen atoms in total. The van der Waals surface area contributed by atoms with Crippen molar-refractivity contribution in [3.63, 3.8) is 0 Å². The summed E-state index contributed by atoms with van der Waals surface area (Å²) in [7, 11) is 0. The third kappa shape index (κ3) is 7.00. The average molecular weight is 261 g/mol. The largest absolute Gasteiger partial charge is 0.369 e. The van der Waals surface area contributed by atoms with Gasteiger partial charge in [-0.15, -0.1) is 0 Å². The van der Waals surface area contributed by atoms with Crippen LogP contribution in [0.2, 0.25) is 0 Å². The first-order chi connectivity index (χ1) is 9.24. The molecule has 0 saturated heterocycles. The number of hydrogen-bond donors (Lipinski definition) is 1. The lowest BCUT2D eigenvalue weighted by Crippen LogP contribution is -2.23. The molecule has 1 atom stereocenters. The lowest BCUT2D eigenvalue weighted by molar-refractivity contribution is -0.122. The lowest BCUT2D eigenvalue weighted by Gasteiger charge is -2.13. The van der Waals surface area contributed by atoms with Gasteiger partial charge in [0.2, 0.25) is 5.91 Å². The van der Waals surface area contributed by atoms with E-state index in [0.717, 1.165) is 25.7 Å². The van der Waals surface area contributed by atoms with Crippen LogP contribution < -0.4 is 5.73 Å². The van der Waals surface area contributed by atoms with Gasteiger partial charge in [0.25, 0.3) is 0 Å². The Kier molecular flexibility index (Phi) is 7.95. The highest BCUT2D eigenvalue weighted by molar-refractivity contribution is 5.76. The minimum Gasteiger partial charge on any atom is -0.369 e. The molecule has 1 aromatic rings. The average Bonchev–Trinajstić information content (AvgIpc) is 2.42. The van der Waals surface area contributed by atoms with Crippen LogP contribution in [0.3, 0.4) is 0 Å². The van der Waals surface area contributed by atoms with E-state index in [9.17, 15) is 4.79 Å². The predicted octanol–water partition coefficient (Wildman–Crippen LogP) is 4.08. The fourth-order valence-corrected chi connectivity index (χ4v) is 2.41. The van der Waals surface area contributed by atoms with Crippen LogP contribution in [0.4, 0.5) is 0 Å². The van der Waals surface area contributed by atoms with E-state index in [-0.39, 0.29) is 11.8 Å². The Balaban J connectivity index is 2.26. The molecule has 0 saturated carbocycles. The van der Waals surface area contributed by atoms with Crippen molar-refractivity contribution in [1.82, 2.24) is 0 Å². The van der Waals surface area contributed by atoms with Crippen molar-refractivity contribution in [2.45, 2.75) is 58.3 Å². The Bertz CT molecular complexity index is 348. The molecule has 1 rings (SSSR count). The number of amides is 1. The third-order valence-corrected chi connectivity index (χ3v) is 3.68. The summed E-state index contributed by atoms with van der Waals surface area (Å²) >= 11 is 0. The molecule has 0 aromatic heterocycles. The SMILES string of the molecule is CCCCCCCC(CCc1ccccc1)C(N)=O. The number of carbonyl (C=O) groups excluding carboxylic acids is 1. The van der Waals surface area contributed by atoms with Crippen molar-refractivity contribution < 1.29 is 4.79 Å². The maximum Gasteiger partial charge on any atom is 0.220 e. The smallest absolute Gasteiger partial charge is 0.220 e. The van der Waals surface area contributed by atoms with Gasteiger partial charge in [0.05, 0.1) is 0 Å². The molecule has 2 N–H and O–H groups in total. The molecule has 0 aliphatic carbocycles. The number of rotatable bonds is 10. The van der Waals surface area contributed by atoms with Crippen LogP contribution in [0.15, 0.2) is 30.3 Å². The van der Waals surface area contributed by atoms with Crippen molar-refractivity contribution in [2.24, 2.45) is 11.7 Å². The molecule has 0 aliphatic rings. The van der Waals surface area contributed by atoms with Crippen LogP contribution in [0, 0.1) is 5.92 Å². The summed E-state index contributed by atoms with van der Waals surface area (Å²) in [5, 5.41) is 0. The molecule has 0 aliphatic heterocycles. The highest BCUT2D eigenvalue weighted by Gasteiger charge is 2.14. The maximum atomic E-state index is 11.5. The number of aryl methyl sites for hydroxylation is 1. The summed E-state index contributed by atoms with van der Waals surface area (Å²) in [5.41, 5.74) is 6.79. The van der Waals surface area contributed by atoms with Crippen molar-refractivity contribution in [1.29, 1.82) is 0 Å². The van der Waals surface area contributed by atoms with Gasteiger partial charge in [0, 0.05) is 5.92 Å². The second-order valence-corrected chi connectivity index (χ2v) is 5.33. The fraction of sp³-hybridized carbons (Fsp3) is 0.588. The summed E-state index contributed by atoms with van der Waals surface area (Å²) < 4.78 is 0. The minimum atomic E-state index is -0.133. The molecule has 0 radical (unpaired) electrons. The van der Waals surface area contributed by atoms with E-state index in [4.69, 9.17) is 5.73 Å². The first kappa shape index (κ1) is 15.7. The molecule has 0 heterocycles. The van der Waals surface area contributed by atoms with E-state index in [0.29, 0.717) is 0 Å². The normalized spacial score (nSPS) is 12.3. The molecule has 0 fully saturated rings. The Labute approximate surface area is 117 Å². The summed E-state index contributed by atoms with van der Waals surface area (Å²) in [4.78, 5) is 11.5. The monoisotopic (exact) mass is 261 g/mol. The quantitative estimate of drug-likeness (QED) is 0.634. The summed E-state index contributed by atoms with van der Waals surface area (Å²) in [6.45, 7) is 2.21. The molecule has 1 unspecified atom stereocenters. The molecule has 106 valence electrons. The van der Waals surface area contributed by atoms with Gasteiger partial charge in [-0.3, -0.25) is 4.79 Å². The Hall–Kier alpha value is -1.31. The van der Waals surface area contributed by atoms with Crippen LogP contribution in [0.1, 0.15) is 57.4 Å². The molecular weight excluding hydrogens is 234 g/mol. The predicted molar refractivity (Wildman–Crippen MR) is 80.8 cm³/mol.